The molecule has 0 amide bonds. The first-order chi connectivity index (χ1) is 11.2. The average molecular weight is 330 g/mol. The Morgan fingerprint density at radius 2 is 2.04 bits per heavy atom. The van der Waals surface area contributed by atoms with Gasteiger partial charge in [0.25, 0.3) is 0 Å². The first-order valence-corrected chi connectivity index (χ1v) is 7.69. The third-order valence-corrected chi connectivity index (χ3v) is 4.08. The van der Waals surface area contributed by atoms with Crippen LogP contribution in [0.3, 0.4) is 0 Å². The van der Waals surface area contributed by atoms with Gasteiger partial charge in [-0.25, -0.2) is 9.97 Å². The van der Waals surface area contributed by atoms with Gasteiger partial charge in [0, 0.05) is 25.3 Å². The maximum absolute atomic E-state index is 8.81. The van der Waals surface area contributed by atoms with E-state index in [1.807, 2.05) is 6.07 Å². The van der Waals surface area contributed by atoms with E-state index in [-0.39, 0.29) is 12.0 Å². The van der Waals surface area contributed by atoms with Gasteiger partial charge in [0.1, 0.15) is 16.9 Å². The van der Waals surface area contributed by atoms with E-state index in [0.717, 1.165) is 31.7 Å². The van der Waals surface area contributed by atoms with Crippen molar-refractivity contribution in [2.45, 2.75) is 18.9 Å². The number of nitriles is 1. The lowest BCUT2D eigenvalue weighted by molar-refractivity contribution is 0.522. The zero-order chi connectivity index (χ0) is 16.2. The van der Waals surface area contributed by atoms with Crippen molar-refractivity contribution >= 4 is 29.2 Å². The van der Waals surface area contributed by atoms with Crippen LogP contribution in [0.4, 0.5) is 17.6 Å². The van der Waals surface area contributed by atoms with Gasteiger partial charge in [-0.3, -0.25) is 0 Å². The van der Waals surface area contributed by atoms with Gasteiger partial charge in [0.2, 0.25) is 5.95 Å². The Hall–Kier alpha value is -2.59. The molecule has 0 atom stereocenters. The van der Waals surface area contributed by atoms with Crippen molar-refractivity contribution in [1.29, 1.82) is 5.26 Å². The summed E-state index contributed by atoms with van der Waals surface area (Å²) in [5.41, 5.74) is 6.16. The fraction of sp³-hybridized carbons (Fsp3) is 0.333. The maximum Gasteiger partial charge on any atom is 0.222 e. The molecule has 3 heterocycles. The summed E-state index contributed by atoms with van der Waals surface area (Å²) in [7, 11) is 0. The Bertz CT molecular complexity index is 718. The molecule has 3 rings (SSSR count). The van der Waals surface area contributed by atoms with Gasteiger partial charge in [-0.15, -0.1) is 0 Å². The van der Waals surface area contributed by atoms with E-state index in [9.17, 15) is 0 Å². The lowest BCUT2D eigenvalue weighted by Crippen LogP contribution is -2.39. The number of nitrogen functional groups attached to an aromatic ring is 1. The van der Waals surface area contributed by atoms with Crippen molar-refractivity contribution in [3.05, 3.63) is 35.1 Å². The van der Waals surface area contributed by atoms with Crippen molar-refractivity contribution in [1.82, 2.24) is 15.0 Å². The second kappa shape index (κ2) is 6.67. The largest absolute Gasteiger partial charge is 0.368 e. The second-order valence-corrected chi connectivity index (χ2v) is 5.75. The van der Waals surface area contributed by atoms with Gasteiger partial charge in [0.15, 0.2) is 5.82 Å². The normalized spacial score (nSPS) is 15.2. The summed E-state index contributed by atoms with van der Waals surface area (Å²) in [6.45, 7) is 1.74. The molecule has 3 N–H and O–H groups in total. The number of anilines is 3. The maximum atomic E-state index is 8.81. The first-order valence-electron chi connectivity index (χ1n) is 7.31. The number of nitrogens with one attached hydrogen (secondary N) is 1. The van der Waals surface area contributed by atoms with Gasteiger partial charge < -0.3 is 16.0 Å². The lowest BCUT2D eigenvalue weighted by atomic mass is 10.0. The number of hydrogen-bond acceptors (Lipinski definition) is 7. The summed E-state index contributed by atoms with van der Waals surface area (Å²) in [5, 5.41) is 12.6. The highest BCUT2D eigenvalue weighted by Crippen LogP contribution is 2.24. The highest BCUT2D eigenvalue weighted by Gasteiger charge is 2.21. The topological polar surface area (TPSA) is 104 Å². The van der Waals surface area contributed by atoms with Crippen molar-refractivity contribution in [2.24, 2.45) is 0 Å². The van der Waals surface area contributed by atoms with E-state index >= 15 is 0 Å². The summed E-state index contributed by atoms with van der Waals surface area (Å²) in [6, 6.07) is 6.02. The molecule has 118 valence electrons. The molecular formula is C15H16ClN7. The summed E-state index contributed by atoms with van der Waals surface area (Å²) in [6.07, 6.45) is 4.97. The third kappa shape index (κ3) is 3.60. The smallest absolute Gasteiger partial charge is 0.222 e. The Balaban J connectivity index is 1.59. The SMILES string of the molecule is N#Cc1ccc(N2CCC(Nc3nc(N)ncc3Cl)CC2)nc1. The fourth-order valence-corrected chi connectivity index (χ4v) is 2.71. The predicted molar refractivity (Wildman–Crippen MR) is 89.3 cm³/mol. The van der Waals surface area contributed by atoms with Crippen LogP contribution in [0.2, 0.25) is 5.02 Å². The molecule has 2 aromatic rings. The Kier molecular flexibility index (Phi) is 4.44. The van der Waals surface area contributed by atoms with Crippen LogP contribution in [0.15, 0.2) is 24.5 Å². The van der Waals surface area contributed by atoms with Crippen molar-refractivity contribution in [3.63, 3.8) is 0 Å². The molecule has 23 heavy (non-hydrogen) atoms. The molecule has 2 aromatic heterocycles. The molecule has 0 saturated carbocycles. The number of nitrogens with two attached hydrogens (primary N) is 1. The molecule has 0 spiro atoms. The van der Waals surface area contributed by atoms with Crippen molar-refractivity contribution in [2.75, 3.05) is 29.0 Å². The lowest BCUT2D eigenvalue weighted by Gasteiger charge is -2.33. The minimum absolute atomic E-state index is 0.205. The van der Waals surface area contributed by atoms with Gasteiger partial charge in [-0.05, 0) is 25.0 Å². The van der Waals surface area contributed by atoms with Crippen LogP contribution < -0.4 is 16.0 Å². The average Bonchev–Trinajstić information content (AvgIpc) is 2.59. The molecule has 0 radical (unpaired) electrons. The van der Waals surface area contributed by atoms with E-state index in [1.54, 1.807) is 12.3 Å². The minimum Gasteiger partial charge on any atom is -0.368 e. The number of rotatable bonds is 3. The van der Waals surface area contributed by atoms with Crippen LogP contribution >= 0.6 is 11.6 Å². The summed E-state index contributed by atoms with van der Waals surface area (Å²) in [5.74, 6) is 1.68. The second-order valence-electron chi connectivity index (χ2n) is 5.35. The molecule has 1 aliphatic heterocycles. The zero-order valence-electron chi connectivity index (χ0n) is 12.4. The molecule has 1 fully saturated rings. The van der Waals surface area contributed by atoms with E-state index in [4.69, 9.17) is 22.6 Å². The number of piperidine rings is 1. The van der Waals surface area contributed by atoms with Gasteiger partial charge >= 0.3 is 0 Å². The Labute approximate surface area is 139 Å². The van der Waals surface area contributed by atoms with Crippen LogP contribution in [0, 0.1) is 11.3 Å². The Morgan fingerprint density at radius 1 is 1.26 bits per heavy atom. The van der Waals surface area contributed by atoms with Crippen molar-refractivity contribution in [3.8, 4) is 6.07 Å². The highest BCUT2D eigenvalue weighted by atomic mass is 35.5. The number of nitrogens with zero attached hydrogens (tertiary/aromatic N) is 5. The third-order valence-electron chi connectivity index (χ3n) is 3.80. The predicted octanol–water partition coefficient (Wildman–Crippen LogP) is 2.06. The van der Waals surface area contributed by atoms with Gasteiger partial charge in [-0.1, -0.05) is 11.6 Å². The monoisotopic (exact) mass is 329 g/mol. The van der Waals surface area contributed by atoms with Gasteiger partial charge in [-0.2, -0.15) is 10.2 Å². The summed E-state index contributed by atoms with van der Waals surface area (Å²) in [4.78, 5) is 14.5. The van der Waals surface area contributed by atoms with Crippen LogP contribution in [0.5, 0.6) is 0 Å². The quantitative estimate of drug-likeness (QED) is 0.888. The summed E-state index contributed by atoms with van der Waals surface area (Å²) < 4.78 is 0. The molecule has 1 aliphatic rings. The molecule has 7 nitrogen and oxygen atoms in total. The number of aromatic nitrogens is 3. The van der Waals surface area contributed by atoms with Crippen LogP contribution in [-0.4, -0.2) is 34.1 Å². The van der Waals surface area contributed by atoms with E-state index in [0.29, 0.717) is 16.4 Å². The first kappa shape index (κ1) is 15.3. The zero-order valence-corrected chi connectivity index (χ0v) is 13.2. The number of pyridine rings is 1. The molecule has 0 aliphatic carbocycles. The molecule has 1 saturated heterocycles. The molecule has 0 aromatic carbocycles. The van der Waals surface area contributed by atoms with E-state index < -0.39 is 0 Å². The molecular weight excluding hydrogens is 314 g/mol. The standard InChI is InChI=1S/C15H16ClN7/c16-12-9-20-15(18)22-14(12)21-11-3-5-23(6-4-11)13-2-1-10(7-17)8-19-13/h1-2,8-9,11H,3-6H2,(H3,18,20,21,22). The summed E-state index contributed by atoms with van der Waals surface area (Å²) >= 11 is 6.08. The van der Waals surface area contributed by atoms with Crippen LogP contribution in [0.1, 0.15) is 18.4 Å². The Morgan fingerprint density at radius 3 is 2.70 bits per heavy atom. The number of hydrogen-bond donors (Lipinski definition) is 2. The fourth-order valence-electron chi connectivity index (χ4n) is 2.57. The van der Waals surface area contributed by atoms with Crippen molar-refractivity contribution < 1.29 is 0 Å². The van der Waals surface area contributed by atoms with Crippen LogP contribution in [-0.2, 0) is 0 Å². The van der Waals surface area contributed by atoms with E-state index in [1.165, 1.54) is 6.20 Å². The van der Waals surface area contributed by atoms with Crippen LogP contribution in [0.25, 0.3) is 0 Å². The highest BCUT2D eigenvalue weighted by molar-refractivity contribution is 6.32. The minimum atomic E-state index is 0.205. The molecule has 8 heteroatoms. The van der Waals surface area contributed by atoms with E-state index in [2.05, 4.69) is 31.2 Å². The van der Waals surface area contributed by atoms with Gasteiger partial charge in [0.05, 0.1) is 11.8 Å². The molecule has 0 bridgehead atoms. The number of halogens is 1. The molecule has 0 unspecified atom stereocenters.